The zero-order valence-electron chi connectivity index (χ0n) is 19.0. The molecule has 0 bridgehead atoms. The van der Waals surface area contributed by atoms with Gasteiger partial charge in [0.25, 0.3) is 5.95 Å². The highest BCUT2D eigenvalue weighted by molar-refractivity contribution is 6.31. The van der Waals surface area contributed by atoms with Crippen LogP contribution in [0.4, 0.5) is 4.39 Å². The number of methoxy groups -OCH3 is 1. The molecule has 0 amide bonds. The number of benzene rings is 1. The lowest BCUT2D eigenvalue weighted by Crippen LogP contribution is -2.36. The molecule has 3 aromatic heterocycles. The first-order valence-electron chi connectivity index (χ1n) is 11.0. The van der Waals surface area contributed by atoms with E-state index < -0.39 is 12.0 Å². The van der Waals surface area contributed by atoms with E-state index in [4.69, 9.17) is 16.3 Å². The summed E-state index contributed by atoms with van der Waals surface area (Å²) in [4.78, 5) is 0. The molecule has 0 saturated heterocycles. The number of hydrogen-bond donors (Lipinski definition) is 0. The summed E-state index contributed by atoms with van der Waals surface area (Å²) in [5.74, 6) is 0.206. The summed E-state index contributed by atoms with van der Waals surface area (Å²) < 4.78 is 23.6. The van der Waals surface area contributed by atoms with Crippen LogP contribution in [0.25, 0.3) is 22.4 Å². The molecule has 4 aromatic rings. The van der Waals surface area contributed by atoms with Crippen LogP contribution in [-0.4, -0.2) is 31.9 Å². The lowest BCUT2D eigenvalue weighted by molar-refractivity contribution is -0.615. The van der Waals surface area contributed by atoms with Crippen molar-refractivity contribution in [3.05, 3.63) is 70.3 Å². The molecule has 9 nitrogen and oxygen atoms in total. The Balaban J connectivity index is 1.60. The summed E-state index contributed by atoms with van der Waals surface area (Å²) in [6, 6.07) is 8.26. The van der Waals surface area contributed by atoms with Crippen LogP contribution in [0.1, 0.15) is 36.6 Å². The van der Waals surface area contributed by atoms with Gasteiger partial charge in [-0.2, -0.15) is 19.5 Å². The van der Waals surface area contributed by atoms with Crippen molar-refractivity contribution in [1.82, 2.24) is 24.8 Å². The number of nitriles is 1. The van der Waals surface area contributed by atoms with Crippen LogP contribution in [0, 0.1) is 28.4 Å². The van der Waals surface area contributed by atoms with Crippen molar-refractivity contribution in [2.75, 3.05) is 7.11 Å². The number of halogens is 2. The van der Waals surface area contributed by atoms with Gasteiger partial charge in [-0.25, -0.2) is 4.68 Å². The topological polar surface area (TPSA) is 108 Å². The quantitative estimate of drug-likeness (QED) is 0.284. The standard InChI is InChI=1S/C24H21ClFN7O2/c1-31-23(24(26)29-30-31)16-11-28-32(12-16)20(7-14-3-4-14)21-9-22(35-2)19(13-33(21)34)18-8-17(25)6-5-15(18)10-27/h5-6,8-9,11-14,20H,3-4,7H2,1-2H3. The minimum atomic E-state index is -0.689. The summed E-state index contributed by atoms with van der Waals surface area (Å²) in [6.07, 6.45) is 7.47. The Kier molecular flexibility index (Phi) is 5.86. The lowest BCUT2D eigenvalue weighted by atomic mass is 9.99. The van der Waals surface area contributed by atoms with Crippen LogP contribution in [0.3, 0.4) is 0 Å². The van der Waals surface area contributed by atoms with E-state index in [0.717, 1.165) is 17.6 Å². The predicted molar refractivity (Wildman–Crippen MR) is 125 cm³/mol. The number of aromatic nitrogens is 6. The van der Waals surface area contributed by atoms with Crippen LogP contribution < -0.4 is 9.47 Å². The number of hydrogen-bond acceptors (Lipinski definition) is 6. The fraction of sp³-hybridized carbons (Fsp3) is 0.292. The molecule has 1 unspecified atom stereocenters. The zero-order valence-corrected chi connectivity index (χ0v) is 19.8. The average molecular weight is 494 g/mol. The van der Waals surface area contributed by atoms with Gasteiger partial charge in [-0.15, -0.1) is 0 Å². The van der Waals surface area contributed by atoms with E-state index in [-0.39, 0.29) is 5.69 Å². The molecule has 1 aromatic carbocycles. The molecule has 3 heterocycles. The highest BCUT2D eigenvalue weighted by Gasteiger charge is 2.33. The fourth-order valence-corrected chi connectivity index (χ4v) is 4.46. The molecule has 5 rings (SSSR count). The second-order valence-electron chi connectivity index (χ2n) is 8.56. The van der Waals surface area contributed by atoms with Crippen LogP contribution in [0.15, 0.2) is 42.9 Å². The van der Waals surface area contributed by atoms with Crippen molar-refractivity contribution in [3.63, 3.8) is 0 Å². The van der Waals surface area contributed by atoms with Gasteiger partial charge >= 0.3 is 0 Å². The lowest BCUT2D eigenvalue weighted by Gasteiger charge is -2.19. The van der Waals surface area contributed by atoms with E-state index in [1.165, 1.54) is 24.2 Å². The van der Waals surface area contributed by atoms with E-state index in [9.17, 15) is 14.9 Å². The maximum atomic E-state index is 14.2. The fourth-order valence-electron chi connectivity index (χ4n) is 4.28. The van der Waals surface area contributed by atoms with Crippen molar-refractivity contribution < 1.29 is 13.9 Å². The second-order valence-corrected chi connectivity index (χ2v) is 9.00. The molecule has 1 fully saturated rings. The SMILES string of the molecule is COc1cc(C(CC2CC2)n2cc(-c3c(F)nnn3C)cn2)[n+]([O-])cc1-c1cc(Cl)ccc1C#N. The molecule has 0 radical (unpaired) electrons. The molecule has 178 valence electrons. The highest BCUT2D eigenvalue weighted by atomic mass is 35.5. The number of aryl methyl sites for hydroxylation is 1. The Morgan fingerprint density at radius 1 is 1.34 bits per heavy atom. The predicted octanol–water partition coefficient (Wildman–Crippen LogP) is 4.04. The summed E-state index contributed by atoms with van der Waals surface area (Å²) >= 11 is 6.17. The van der Waals surface area contributed by atoms with Gasteiger partial charge in [0.1, 0.15) is 17.5 Å². The van der Waals surface area contributed by atoms with Gasteiger partial charge in [0.15, 0.2) is 6.20 Å². The van der Waals surface area contributed by atoms with E-state index in [1.54, 1.807) is 42.2 Å². The third kappa shape index (κ3) is 4.31. The summed E-state index contributed by atoms with van der Waals surface area (Å²) in [5.41, 5.74) is 2.49. The molecule has 35 heavy (non-hydrogen) atoms. The second kappa shape index (κ2) is 9.00. The maximum absolute atomic E-state index is 14.2. The Labute approximate surface area is 205 Å². The Morgan fingerprint density at radius 2 is 2.14 bits per heavy atom. The first-order valence-corrected chi connectivity index (χ1v) is 11.4. The maximum Gasteiger partial charge on any atom is 0.260 e. The minimum absolute atomic E-state index is 0.217. The Bertz CT molecular complexity index is 1440. The number of pyridine rings is 1. The van der Waals surface area contributed by atoms with Crippen LogP contribution >= 0.6 is 11.6 Å². The van der Waals surface area contributed by atoms with Gasteiger partial charge in [0, 0.05) is 29.4 Å². The molecule has 0 aliphatic heterocycles. The molecular weight excluding hydrogens is 473 g/mol. The molecule has 0 N–H and O–H groups in total. The molecular formula is C24H21ClFN7O2. The normalized spacial score (nSPS) is 14.0. The molecule has 1 saturated carbocycles. The van der Waals surface area contributed by atoms with Crippen molar-refractivity contribution in [2.24, 2.45) is 13.0 Å². The number of nitrogens with zero attached hydrogens (tertiary/aromatic N) is 7. The zero-order chi connectivity index (χ0) is 24.7. The van der Waals surface area contributed by atoms with Crippen LogP contribution in [0.2, 0.25) is 5.02 Å². The molecule has 0 spiro atoms. The average Bonchev–Trinajstić information content (AvgIpc) is 3.44. The monoisotopic (exact) mass is 493 g/mol. The third-order valence-electron chi connectivity index (χ3n) is 6.23. The molecule has 1 atom stereocenters. The van der Waals surface area contributed by atoms with Crippen LogP contribution in [-0.2, 0) is 7.05 Å². The summed E-state index contributed by atoms with van der Waals surface area (Å²) in [6.45, 7) is 0. The largest absolute Gasteiger partial charge is 0.618 e. The van der Waals surface area contributed by atoms with Crippen molar-refractivity contribution in [1.29, 1.82) is 5.26 Å². The van der Waals surface area contributed by atoms with Crippen molar-refractivity contribution in [2.45, 2.75) is 25.3 Å². The molecule has 11 heteroatoms. The first-order chi connectivity index (χ1) is 16.9. The van der Waals surface area contributed by atoms with Gasteiger partial charge in [0.2, 0.25) is 5.69 Å². The molecule has 1 aliphatic carbocycles. The van der Waals surface area contributed by atoms with Gasteiger partial charge in [-0.1, -0.05) is 34.8 Å². The van der Waals surface area contributed by atoms with Crippen molar-refractivity contribution >= 4 is 11.6 Å². The smallest absolute Gasteiger partial charge is 0.260 e. The highest BCUT2D eigenvalue weighted by Crippen LogP contribution is 2.41. The van der Waals surface area contributed by atoms with Gasteiger partial charge in [0.05, 0.1) is 36.6 Å². The van der Waals surface area contributed by atoms with Gasteiger partial charge in [-0.3, -0.25) is 4.68 Å². The number of rotatable bonds is 7. The van der Waals surface area contributed by atoms with Gasteiger partial charge in [-0.05, 0) is 30.5 Å². The minimum Gasteiger partial charge on any atom is -0.618 e. The van der Waals surface area contributed by atoms with E-state index in [2.05, 4.69) is 21.5 Å². The Hall–Kier alpha value is -3.97. The summed E-state index contributed by atoms with van der Waals surface area (Å²) in [7, 11) is 3.11. The van der Waals surface area contributed by atoms with E-state index in [0.29, 0.717) is 51.1 Å². The molecule has 1 aliphatic rings. The van der Waals surface area contributed by atoms with Gasteiger partial charge < -0.3 is 9.94 Å². The van der Waals surface area contributed by atoms with E-state index >= 15 is 0 Å². The van der Waals surface area contributed by atoms with Crippen molar-refractivity contribution in [3.8, 4) is 34.2 Å². The Morgan fingerprint density at radius 3 is 2.80 bits per heavy atom. The third-order valence-corrected chi connectivity index (χ3v) is 6.47. The van der Waals surface area contributed by atoms with Crippen LogP contribution in [0.5, 0.6) is 5.75 Å². The first kappa shape index (κ1) is 22.8. The summed E-state index contributed by atoms with van der Waals surface area (Å²) in [5, 5.41) is 35.0. The number of ether oxygens (including phenoxy) is 1. The van der Waals surface area contributed by atoms with E-state index in [1.807, 2.05) is 0 Å².